The number of amides is 1. The minimum absolute atomic E-state index is 0.171. The number of methoxy groups -OCH3 is 1. The zero-order valence-electron chi connectivity index (χ0n) is 16.5. The van der Waals surface area contributed by atoms with Gasteiger partial charge in [-0.15, -0.1) is 0 Å². The van der Waals surface area contributed by atoms with Crippen LogP contribution in [0.2, 0.25) is 0 Å². The van der Waals surface area contributed by atoms with Crippen molar-refractivity contribution in [2.24, 2.45) is 0 Å². The van der Waals surface area contributed by atoms with Crippen molar-refractivity contribution in [1.29, 1.82) is 0 Å². The Kier molecular flexibility index (Phi) is 6.28. The van der Waals surface area contributed by atoms with Gasteiger partial charge in [0.05, 0.1) is 7.11 Å². The lowest BCUT2D eigenvalue weighted by Crippen LogP contribution is -2.11. The largest absolute Gasteiger partial charge is 0.497 e. The first-order valence-corrected chi connectivity index (χ1v) is 10.2. The molecule has 0 atom stereocenters. The molecule has 4 rings (SSSR count). The fourth-order valence-corrected chi connectivity index (χ4v) is 3.02. The number of benzene rings is 3. The number of hydrogen-bond acceptors (Lipinski definition) is 6. The van der Waals surface area contributed by atoms with Crippen LogP contribution < -0.4 is 14.8 Å². The van der Waals surface area contributed by atoms with Gasteiger partial charge in [0.25, 0.3) is 11.8 Å². The second-order valence-electron chi connectivity index (χ2n) is 6.51. The lowest BCUT2D eigenvalue weighted by molar-refractivity contribution is 0.102. The topological polar surface area (TPSA) is 86.5 Å². The van der Waals surface area contributed by atoms with Gasteiger partial charge in [0.2, 0.25) is 5.82 Å². The lowest BCUT2D eigenvalue weighted by Gasteiger charge is -2.06. The summed E-state index contributed by atoms with van der Waals surface area (Å²) < 4.78 is 17.0. The molecule has 8 heteroatoms. The highest BCUT2D eigenvalue weighted by Gasteiger charge is 2.11. The van der Waals surface area contributed by atoms with Gasteiger partial charge in [-0.1, -0.05) is 21.1 Å². The van der Waals surface area contributed by atoms with Crippen LogP contribution in [0.25, 0.3) is 11.4 Å². The summed E-state index contributed by atoms with van der Waals surface area (Å²) in [6.45, 7) is 0.171. The smallest absolute Gasteiger partial charge is 0.264 e. The first-order valence-electron chi connectivity index (χ1n) is 9.37. The number of carbonyl (C=O) groups excluding carboxylic acids is 1. The van der Waals surface area contributed by atoms with E-state index in [9.17, 15) is 4.79 Å². The second-order valence-corrected chi connectivity index (χ2v) is 7.43. The minimum atomic E-state index is -0.206. The van der Waals surface area contributed by atoms with Crippen LogP contribution in [0, 0.1) is 0 Å². The van der Waals surface area contributed by atoms with E-state index in [4.69, 9.17) is 14.0 Å². The summed E-state index contributed by atoms with van der Waals surface area (Å²) in [4.78, 5) is 16.7. The molecule has 4 aromatic rings. The molecular formula is C23H18BrN3O4. The molecule has 156 valence electrons. The van der Waals surface area contributed by atoms with Gasteiger partial charge in [-0.05, 0) is 72.8 Å². The highest BCUT2D eigenvalue weighted by atomic mass is 79.9. The van der Waals surface area contributed by atoms with Crippen LogP contribution >= 0.6 is 15.9 Å². The van der Waals surface area contributed by atoms with E-state index in [1.165, 1.54) is 0 Å². The second kappa shape index (κ2) is 9.44. The third kappa shape index (κ3) is 5.29. The van der Waals surface area contributed by atoms with E-state index in [1.807, 2.05) is 36.4 Å². The number of halogens is 1. The summed E-state index contributed by atoms with van der Waals surface area (Å²) in [6, 6.07) is 21.6. The van der Waals surface area contributed by atoms with E-state index in [-0.39, 0.29) is 12.5 Å². The van der Waals surface area contributed by atoms with Crippen molar-refractivity contribution in [2.75, 3.05) is 12.4 Å². The van der Waals surface area contributed by atoms with Crippen molar-refractivity contribution in [3.05, 3.63) is 88.7 Å². The Morgan fingerprint density at radius 2 is 1.65 bits per heavy atom. The van der Waals surface area contributed by atoms with Crippen molar-refractivity contribution < 1.29 is 18.8 Å². The van der Waals surface area contributed by atoms with Crippen molar-refractivity contribution >= 4 is 27.5 Å². The molecule has 0 aliphatic heterocycles. The number of hydrogen-bond donors (Lipinski definition) is 1. The van der Waals surface area contributed by atoms with Crippen molar-refractivity contribution in [2.45, 2.75) is 6.61 Å². The Hall–Kier alpha value is -3.65. The van der Waals surface area contributed by atoms with Gasteiger partial charge in [0.1, 0.15) is 11.5 Å². The lowest BCUT2D eigenvalue weighted by atomic mass is 10.1. The Bertz CT molecular complexity index is 1160. The molecule has 3 aromatic carbocycles. The summed E-state index contributed by atoms with van der Waals surface area (Å²) in [5.41, 5.74) is 1.96. The van der Waals surface area contributed by atoms with Crippen LogP contribution in [0.5, 0.6) is 11.5 Å². The van der Waals surface area contributed by atoms with Gasteiger partial charge >= 0.3 is 0 Å². The zero-order chi connectivity index (χ0) is 21.6. The molecule has 0 bridgehead atoms. The number of nitrogens with one attached hydrogen (secondary N) is 1. The number of nitrogens with zero attached hydrogens (tertiary/aromatic N) is 2. The van der Waals surface area contributed by atoms with E-state index in [2.05, 4.69) is 31.4 Å². The number of aromatic nitrogens is 2. The molecule has 0 saturated carbocycles. The average Bonchev–Trinajstić information content (AvgIpc) is 3.28. The maximum absolute atomic E-state index is 12.4. The first kappa shape index (κ1) is 20.6. The molecule has 1 heterocycles. The molecule has 0 radical (unpaired) electrons. The molecule has 0 aliphatic rings. The molecule has 7 nitrogen and oxygen atoms in total. The summed E-state index contributed by atoms with van der Waals surface area (Å²) in [5, 5.41) is 6.85. The molecule has 1 aromatic heterocycles. The molecule has 31 heavy (non-hydrogen) atoms. The normalized spacial score (nSPS) is 10.5. The molecule has 0 saturated heterocycles. The standard InChI is InChI=1S/C23H18BrN3O4/c1-29-19-10-4-16(5-11-19)23(28)25-18-8-2-15(3-9-18)22-26-21(31-27-22)14-30-20-12-6-17(24)7-13-20/h2-13H,14H2,1H3,(H,25,28). The monoisotopic (exact) mass is 479 g/mol. The number of rotatable bonds is 7. The van der Waals surface area contributed by atoms with Crippen molar-refractivity contribution in [1.82, 2.24) is 10.1 Å². The van der Waals surface area contributed by atoms with Crippen LogP contribution in [-0.2, 0) is 6.61 Å². The van der Waals surface area contributed by atoms with Gasteiger partial charge in [-0.25, -0.2) is 0 Å². The SMILES string of the molecule is COc1ccc(C(=O)Nc2ccc(-c3noc(COc4ccc(Br)cc4)n3)cc2)cc1. The molecule has 0 fully saturated rings. The molecule has 0 aliphatic carbocycles. The summed E-state index contributed by atoms with van der Waals surface area (Å²) in [7, 11) is 1.58. The van der Waals surface area contributed by atoms with E-state index >= 15 is 0 Å². The highest BCUT2D eigenvalue weighted by Crippen LogP contribution is 2.21. The molecule has 0 spiro atoms. The molecule has 0 unspecified atom stereocenters. The van der Waals surface area contributed by atoms with E-state index in [0.717, 1.165) is 10.0 Å². The summed E-state index contributed by atoms with van der Waals surface area (Å²) in [6.07, 6.45) is 0. The third-order valence-corrected chi connectivity index (χ3v) is 4.93. The number of anilines is 1. The fourth-order valence-electron chi connectivity index (χ4n) is 2.75. The predicted octanol–water partition coefficient (Wildman–Crippen LogP) is 5.34. The Morgan fingerprint density at radius 1 is 0.968 bits per heavy atom. The van der Waals surface area contributed by atoms with Gasteiger partial charge in [-0.3, -0.25) is 4.79 Å². The molecule has 1 amide bonds. The van der Waals surface area contributed by atoms with Gasteiger partial charge in [0, 0.05) is 21.3 Å². The van der Waals surface area contributed by atoms with E-state index < -0.39 is 0 Å². The zero-order valence-corrected chi connectivity index (χ0v) is 18.1. The van der Waals surface area contributed by atoms with E-state index in [1.54, 1.807) is 43.5 Å². The summed E-state index contributed by atoms with van der Waals surface area (Å²) in [5.74, 6) is 2.02. The Morgan fingerprint density at radius 3 is 2.32 bits per heavy atom. The van der Waals surface area contributed by atoms with Crippen molar-refractivity contribution in [3.8, 4) is 22.9 Å². The van der Waals surface area contributed by atoms with Crippen LogP contribution in [0.4, 0.5) is 5.69 Å². The van der Waals surface area contributed by atoms with Crippen LogP contribution in [0.1, 0.15) is 16.2 Å². The highest BCUT2D eigenvalue weighted by molar-refractivity contribution is 9.10. The molecular weight excluding hydrogens is 462 g/mol. The predicted molar refractivity (Wildman–Crippen MR) is 119 cm³/mol. The average molecular weight is 480 g/mol. The number of carbonyl (C=O) groups is 1. The maximum atomic E-state index is 12.4. The van der Waals surface area contributed by atoms with Crippen LogP contribution in [-0.4, -0.2) is 23.2 Å². The van der Waals surface area contributed by atoms with Crippen LogP contribution in [0.3, 0.4) is 0 Å². The first-order chi connectivity index (χ1) is 15.1. The number of ether oxygens (including phenoxy) is 2. The molecule has 1 N–H and O–H groups in total. The third-order valence-electron chi connectivity index (χ3n) is 4.40. The van der Waals surface area contributed by atoms with Gasteiger partial charge in [0.15, 0.2) is 6.61 Å². The van der Waals surface area contributed by atoms with Crippen LogP contribution in [0.15, 0.2) is 81.8 Å². The fraction of sp³-hybridized carbons (Fsp3) is 0.0870. The minimum Gasteiger partial charge on any atom is -0.497 e. The Balaban J connectivity index is 1.36. The maximum Gasteiger partial charge on any atom is 0.264 e. The quantitative estimate of drug-likeness (QED) is 0.385. The summed E-state index contributed by atoms with van der Waals surface area (Å²) >= 11 is 3.38. The van der Waals surface area contributed by atoms with Crippen molar-refractivity contribution in [3.63, 3.8) is 0 Å². The van der Waals surface area contributed by atoms with Gasteiger partial charge < -0.3 is 19.3 Å². The Labute approximate surface area is 187 Å². The van der Waals surface area contributed by atoms with E-state index in [0.29, 0.717) is 34.5 Å². The van der Waals surface area contributed by atoms with Gasteiger partial charge in [-0.2, -0.15) is 4.98 Å².